The van der Waals surface area contributed by atoms with Crippen molar-refractivity contribution >= 4 is 17.6 Å². The first kappa shape index (κ1) is 13.0. The molecule has 0 aliphatic rings. The number of esters is 1. The van der Waals surface area contributed by atoms with Gasteiger partial charge < -0.3 is 10.1 Å². The van der Waals surface area contributed by atoms with Crippen molar-refractivity contribution in [1.29, 1.82) is 0 Å². The van der Waals surface area contributed by atoms with Crippen LogP contribution in [-0.2, 0) is 16.1 Å². The molecule has 0 amide bonds. The molecule has 0 unspecified atom stereocenters. The van der Waals surface area contributed by atoms with E-state index in [1.807, 2.05) is 25.1 Å². The van der Waals surface area contributed by atoms with Crippen molar-refractivity contribution in [1.82, 2.24) is 5.32 Å². The summed E-state index contributed by atoms with van der Waals surface area (Å²) >= 11 is 5.93. The molecule has 0 fully saturated rings. The van der Waals surface area contributed by atoms with Gasteiger partial charge in [0.2, 0.25) is 0 Å². The summed E-state index contributed by atoms with van der Waals surface area (Å²) in [6.45, 7) is 3.34. The predicted molar refractivity (Wildman–Crippen MR) is 64.4 cm³/mol. The van der Waals surface area contributed by atoms with Crippen LogP contribution in [0.2, 0.25) is 5.02 Å². The van der Waals surface area contributed by atoms with Crippen LogP contribution >= 0.6 is 11.6 Å². The van der Waals surface area contributed by atoms with Gasteiger partial charge in [-0.15, -0.1) is 0 Å². The second-order valence-corrected chi connectivity index (χ2v) is 3.84. The largest absolute Gasteiger partial charge is 0.460 e. The van der Waals surface area contributed by atoms with Gasteiger partial charge in [-0.2, -0.15) is 0 Å². The maximum absolute atomic E-state index is 11.3. The number of hydrogen-bond acceptors (Lipinski definition) is 3. The minimum atomic E-state index is -0.256. The number of carbonyl (C=O) groups excluding carboxylic acids is 1. The molecule has 88 valence electrons. The fraction of sp³-hybridized carbons (Fsp3) is 0.417. The molecule has 0 aliphatic carbocycles. The molecule has 1 aromatic rings. The molecule has 4 heteroatoms. The summed E-state index contributed by atoms with van der Waals surface area (Å²) < 4.78 is 5.07. The fourth-order valence-corrected chi connectivity index (χ4v) is 1.38. The molecule has 0 saturated heterocycles. The summed E-state index contributed by atoms with van der Waals surface area (Å²) in [4.78, 5) is 11.3. The van der Waals surface area contributed by atoms with Gasteiger partial charge >= 0.3 is 5.97 Å². The van der Waals surface area contributed by atoms with Gasteiger partial charge in [-0.25, -0.2) is 0 Å². The minimum Gasteiger partial charge on any atom is -0.460 e. The highest BCUT2D eigenvalue weighted by Gasteiger charge is 2.04. The third-order valence-electron chi connectivity index (χ3n) is 2.04. The van der Waals surface area contributed by atoms with Gasteiger partial charge in [0.15, 0.2) is 0 Å². The van der Waals surface area contributed by atoms with Gasteiger partial charge in [0.05, 0.1) is 6.54 Å². The number of hydrogen-bond donors (Lipinski definition) is 1. The van der Waals surface area contributed by atoms with E-state index in [1.165, 1.54) is 0 Å². The van der Waals surface area contributed by atoms with E-state index in [9.17, 15) is 4.79 Å². The summed E-state index contributed by atoms with van der Waals surface area (Å²) in [6, 6.07) is 7.33. The van der Waals surface area contributed by atoms with Crippen LogP contribution in [0.25, 0.3) is 0 Å². The lowest BCUT2D eigenvalue weighted by Gasteiger charge is -2.06. The first-order valence-electron chi connectivity index (χ1n) is 5.33. The zero-order chi connectivity index (χ0) is 11.8. The van der Waals surface area contributed by atoms with Gasteiger partial charge in [-0.05, 0) is 19.0 Å². The number of ether oxygens (including phenoxy) is 1. The van der Waals surface area contributed by atoms with E-state index in [-0.39, 0.29) is 19.1 Å². The lowest BCUT2D eigenvalue weighted by atomic mass is 10.2. The van der Waals surface area contributed by atoms with E-state index in [4.69, 9.17) is 16.3 Å². The molecular formula is C12H16ClNO2. The molecule has 0 radical (unpaired) electrons. The summed E-state index contributed by atoms with van der Waals surface area (Å²) in [5, 5.41) is 3.60. The highest BCUT2D eigenvalue weighted by molar-refractivity contribution is 6.31. The van der Waals surface area contributed by atoms with Gasteiger partial charge in [-0.1, -0.05) is 36.7 Å². The Labute approximate surface area is 101 Å². The standard InChI is InChI=1S/C12H16ClNO2/c1-2-7-14-8-12(15)16-9-10-5-3-4-6-11(10)13/h3-6,14H,2,7-9H2,1H3. The highest BCUT2D eigenvalue weighted by Crippen LogP contribution is 2.15. The predicted octanol–water partition coefficient (Wildman–Crippen LogP) is 2.38. The van der Waals surface area contributed by atoms with Gasteiger partial charge in [0, 0.05) is 10.6 Å². The van der Waals surface area contributed by atoms with E-state index in [1.54, 1.807) is 6.07 Å². The summed E-state index contributed by atoms with van der Waals surface area (Å²) in [7, 11) is 0. The molecule has 1 N–H and O–H groups in total. The summed E-state index contributed by atoms with van der Waals surface area (Å²) in [6.07, 6.45) is 0.998. The summed E-state index contributed by atoms with van der Waals surface area (Å²) in [5.41, 5.74) is 0.827. The van der Waals surface area contributed by atoms with E-state index in [2.05, 4.69) is 5.32 Å². The Morgan fingerprint density at radius 2 is 2.19 bits per heavy atom. The lowest BCUT2D eigenvalue weighted by molar-refractivity contribution is -0.143. The third-order valence-corrected chi connectivity index (χ3v) is 2.41. The average molecular weight is 242 g/mol. The minimum absolute atomic E-state index is 0.228. The van der Waals surface area contributed by atoms with Crippen LogP contribution in [0.5, 0.6) is 0 Å². The second kappa shape index (κ2) is 7.25. The number of nitrogens with one attached hydrogen (secondary N) is 1. The van der Waals surface area contributed by atoms with Crippen molar-refractivity contribution in [3.05, 3.63) is 34.9 Å². The fourth-order valence-electron chi connectivity index (χ4n) is 1.19. The highest BCUT2D eigenvalue weighted by atomic mass is 35.5. The monoisotopic (exact) mass is 241 g/mol. The average Bonchev–Trinajstić information content (AvgIpc) is 2.28. The van der Waals surface area contributed by atoms with E-state index >= 15 is 0 Å². The molecule has 0 heterocycles. The van der Waals surface area contributed by atoms with Crippen LogP contribution in [0.15, 0.2) is 24.3 Å². The number of rotatable bonds is 6. The molecule has 1 aromatic carbocycles. The van der Waals surface area contributed by atoms with Gasteiger partial charge in [0.1, 0.15) is 6.61 Å². The molecule has 0 aromatic heterocycles. The first-order valence-corrected chi connectivity index (χ1v) is 5.71. The molecule has 3 nitrogen and oxygen atoms in total. The number of carbonyl (C=O) groups is 1. The van der Waals surface area contributed by atoms with Crippen molar-refractivity contribution in [3.8, 4) is 0 Å². The third kappa shape index (κ3) is 4.64. The Bertz CT molecular complexity index is 342. The molecule has 0 aliphatic heterocycles. The van der Waals surface area contributed by atoms with Crippen LogP contribution in [0.4, 0.5) is 0 Å². The molecule has 0 atom stereocenters. The molecular weight excluding hydrogens is 226 g/mol. The van der Waals surface area contributed by atoms with E-state index in [0.717, 1.165) is 18.5 Å². The molecule has 0 spiro atoms. The lowest BCUT2D eigenvalue weighted by Crippen LogP contribution is -2.25. The zero-order valence-corrected chi connectivity index (χ0v) is 10.1. The van der Waals surface area contributed by atoms with Crippen LogP contribution in [0.3, 0.4) is 0 Å². The van der Waals surface area contributed by atoms with Gasteiger partial charge in [0.25, 0.3) is 0 Å². The van der Waals surface area contributed by atoms with Crippen molar-refractivity contribution in [2.45, 2.75) is 20.0 Å². The number of benzene rings is 1. The second-order valence-electron chi connectivity index (χ2n) is 3.43. The Hall–Kier alpha value is -1.06. The van der Waals surface area contributed by atoms with Crippen LogP contribution in [0, 0.1) is 0 Å². The van der Waals surface area contributed by atoms with Crippen molar-refractivity contribution in [2.24, 2.45) is 0 Å². The smallest absolute Gasteiger partial charge is 0.320 e. The van der Waals surface area contributed by atoms with Crippen LogP contribution in [-0.4, -0.2) is 19.1 Å². The Morgan fingerprint density at radius 1 is 1.44 bits per heavy atom. The summed E-state index contributed by atoms with van der Waals surface area (Å²) in [5.74, 6) is -0.256. The Morgan fingerprint density at radius 3 is 2.88 bits per heavy atom. The zero-order valence-electron chi connectivity index (χ0n) is 9.33. The van der Waals surface area contributed by atoms with Crippen LogP contribution in [0.1, 0.15) is 18.9 Å². The van der Waals surface area contributed by atoms with Crippen molar-refractivity contribution in [3.63, 3.8) is 0 Å². The van der Waals surface area contributed by atoms with E-state index < -0.39 is 0 Å². The molecule has 0 bridgehead atoms. The van der Waals surface area contributed by atoms with E-state index in [0.29, 0.717) is 5.02 Å². The maximum atomic E-state index is 11.3. The Balaban J connectivity index is 2.29. The van der Waals surface area contributed by atoms with Crippen molar-refractivity contribution in [2.75, 3.05) is 13.1 Å². The SMILES string of the molecule is CCCNCC(=O)OCc1ccccc1Cl. The molecule has 1 rings (SSSR count). The van der Waals surface area contributed by atoms with Crippen LogP contribution < -0.4 is 5.32 Å². The van der Waals surface area contributed by atoms with Crippen molar-refractivity contribution < 1.29 is 9.53 Å². The normalized spacial score (nSPS) is 10.1. The Kier molecular flexibility index (Phi) is 5.90. The quantitative estimate of drug-likeness (QED) is 0.614. The molecule has 16 heavy (non-hydrogen) atoms. The maximum Gasteiger partial charge on any atom is 0.320 e. The number of halogens is 1. The molecule has 0 saturated carbocycles. The first-order chi connectivity index (χ1) is 7.74. The van der Waals surface area contributed by atoms with Gasteiger partial charge in [-0.3, -0.25) is 4.79 Å². The topological polar surface area (TPSA) is 38.3 Å².